The van der Waals surface area contributed by atoms with Gasteiger partial charge in [0.05, 0.1) is 11.1 Å². The van der Waals surface area contributed by atoms with Gasteiger partial charge in [-0.1, -0.05) is 18.5 Å². The lowest BCUT2D eigenvalue weighted by atomic mass is 10.1. The first-order chi connectivity index (χ1) is 13.5. The first-order valence-corrected chi connectivity index (χ1v) is 9.45. The quantitative estimate of drug-likeness (QED) is 0.548. The van der Waals surface area contributed by atoms with E-state index in [-0.39, 0.29) is 18.6 Å². The second kappa shape index (κ2) is 8.95. The van der Waals surface area contributed by atoms with Gasteiger partial charge in [-0.3, -0.25) is 4.79 Å². The number of aliphatic hydroxyl groups is 1. The van der Waals surface area contributed by atoms with Crippen molar-refractivity contribution in [1.29, 1.82) is 0 Å². The Morgan fingerprint density at radius 1 is 1.18 bits per heavy atom. The molecule has 28 heavy (non-hydrogen) atoms. The molecule has 1 amide bonds. The molecule has 1 aromatic heterocycles. The van der Waals surface area contributed by atoms with Crippen LogP contribution in [-0.2, 0) is 6.61 Å². The molecule has 2 aromatic carbocycles. The van der Waals surface area contributed by atoms with Crippen molar-refractivity contribution in [2.45, 2.75) is 33.0 Å². The van der Waals surface area contributed by atoms with Crippen LogP contribution in [0, 0.1) is 0 Å². The zero-order valence-electron chi connectivity index (χ0n) is 15.7. The monoisotopic (exact) mass is 399 g/mol. The molecule has 3 rings (SSSR count). The van der Waals surface area contributed by atoms with Gasteiger partial charge in [0.1, 0.15) is 23.9 Å². The number of carbonyl (C=O) groups excluding carboxylic acids is 1. The number of anilines is 1. The highest BCUT2D eigenvalue weighted by Crippen LogP contribution is 2.32. The van der Waals surface area contributed by atoms with E-state index in [9.17, 15) is 4.79 Å². The van der Waals surface area contributed by atoms with Crippen molar-refractivity contribution >= 4 is 23.2 Å². The highest BCUT2D eigenvalue weighted by molar-refractivity contribution is 6.33. The summed E-state index contributed by atoms with van der Waals surface area (Å²) >= 11 is 6.34. The summed E-state index contributed by atoms with van der Waals surface area (Å²) in [6, 6.07) is 15.6. The summed E-state index contributed by atoms with van der Waals surface area (Å²) in [7, 11) is 0. The summed E-state index contributed by atoms with van der Waals surface area (Å²) in [5.74, 6) is 1.52. The second-order valence-corrected chi connectivity index (χ2v) is 6.84. The number of carbonyl (C=O) groups is 1. The molecule has 0 spiro atoms. The predicted octanol–water partition coefficient (Wildman–Crippen LogP) is 5.52. The third-order valence-corrected chi connectivity index (χ3v) is 4.65. The molecule has 0 radical (unpaired) electrons. The zero-order valence-corrected chi connectivity index (χ0v) is 16.5. The van der Waals surface area contributed by atoms with Gasteiger partial charge in [-0.2, -0.15) is 0 Å². The molecule has 1 unspecified atom stereocenters. The Morgan fingerprint density at radius 2 is 1.93 bits per heavy atom. The summed E-state index contributed by atoms with van der Waals surface area (Å²) < 4.78 is 11.2. The van der Waals surface area contributed by atoms with Gasteiger partial charge in [0.25, 0.3) is 5.91 Å². The van der Waals surface area contributed by atoms with Crippen LogP contribution < -0.4 is 10.1 Å². The number of furan rings is 1. The predicted molar refractivity (Wildman–Crippen MR) is 110 cm³/mol. The standard InChI is InChI=1S/C22H22ClNO4/c1-3-14(2)27-17-7-4-15(5-8-17)22(26)24-16-6-10-19(20(23)12-16)21-11-9-18(13-25)28-21/h4-12,14,25H,3,13H2,1-2H3,(H,24,26). The Bertz CT molecular complexity index is 949. The van der Waals surface area contributed by atoms with E-state index in [4.69, 9.17) is 25.9 Å². The Morgan fingerprint density at radius 3 is 2.54 bits per heavy atom. The van der Waals surface area contributed by atoms with Crippen molar-refractivity contribution < 1.29 is 19.1 Å². The minimum Gasteiger partial charge on any atom is -0.491 e. The van der Waals surface area contributed by atoms with Gasteiger partial charge in [-0.15, -0.1) is 0 Å². The Balaban J connectivity index is 1.69. The lowest BCUT2D eigenvalue weighted by Gasteiger charge is -2.13. The molecule has 3 aromatic rings. The van der Waals surface area contributed by atoms with Crippen molar-refractivity contribution in [3.8, 4) is 17.1 Å². The summed E-state index contributed by atoms with van der Waals surface area (Å²) in [4.78, 5) is 12.5. The summed E-state index contributed by atoms with van der Waals surface area (Å²) in [5.41, 5.74) is 1.79. The molecule has 0 fully saturated rings. The van der Waals surface area contributed by atoms with E-state index in [0.717, 1.165) is 12.2 Å². The maximum atomic E-state index is 12.5. The minimum atomic E-state index is -0.237. The molecule has 5 nitrogen and oxygen atoms in total. The molecule has 146 valence electrons. The summed E-state index contributed by atoms with van der Waals surface area (Å²) in [5, 5.41) is 12.4. The van der Waals surface area contributed by atoms with Gasteiger partial charge < -0.3 is 19.6 Å². The van der Waals surface area contributed by atoms with Crippen LogP contribution in [-0.4, -0.2) is 17.1 Å². The Kier molecular flexibility index (Phi) is 6.39. The van der Waals surface area contributed by atoms with Crippen LogP contribution in [0.1, 0.15) is 36.4 Å². The number of amides is 1. The van der Waals surface area contributed by atoms with Crippen LogP contribution in [0.5, 0.6) is 5.75 Å². The second-order valence-electron chi connectivity index (χ2n) is 6.43. The third kappa shape index (κ3) is 4.74. The number of nitrogens with one attached hydrogen (secondary N) is 1. The number of aliphatic hydroxyl groups excluding tert-OH is 1. The zero-order chi connectivity index (χ0) is 20.1. The number of hydrogen-bond acceptors (Lipinski definition) is 4. The first-order valence-electron chi connectivity index (χ1n) is 9.07. The molecule has 2 N–H and O–H groups in total. The van der Waals surface area contributed by atoms with E-state index in [2.05, 4.69) is 12.2 Å². The van der Waals surface area contributed by atoms with Crippen molar-refractivity contribution in [3.05, 3.63) is 70.9 Å². The molecule has 0 aliphatic rings. The fraction of sp³-hybridized carbons (Fsp3) is 0.227. The molecule has 0 saturated carbocycles. The number of ether oxygens (including phenoxy) is 1. The third-order valence-electron chi connectivity index (χ3n) is 4.34. The summed E-state index contributed by atoms with van der Waals surface area (Å²) in [6.45, 7) is 3.88. The van der Waals surface area contributed by atoms with E-state index in [0.29, 0.717) is 33.4 Å². The molecule has 0 aliphatic heterocycles. The smallest absolute Gasteiger partial charge is 0.255 e. The van der Waals surface area contributed by atoms with Gasteiger partial charge in [0.15, 0.2) is 0 Å². The van der Waals surface area contributed by atoms with Crippen molar-refractivity contribution in [3.63, 3.8) is 0 Å². The van der Waals surface area contributed by atoms with Gasteiger partial charge in [0.2, 0.25) is 0 Å². The lowest BCUT2D eigenvalue weighted by Crippen LogP contribution is -2.12. The number of benzene rings is 2. The van der Waals surface area contributed by atoms with Crippen LogP contribution in [0.15, 0.2) is 59.0 Å². The van der Waals surface area contributed by atoms with Crippen LogP contribution in [0.25, 0.3) is 11.3 Å². The van der Waals surface area contributed by atoms with Crippen molar-refractivity contribution in [1.82, 2.24) is 0 Å². The molecule has 0 saturated heterocycles. The van der Waals surface area contributed by atoms with Crippen LogP contribution in [0.4, 0.5) is 5.69 Å². The maximum Gasteiger partial charge on any atom is 0.255 e. The fourth-order valence-electron chi connectivity index (χ4n) is 2.60. The van der Waals surface area contributed by atoms with Crippen LogP contribution in [0.3, 0.4) is 0 Å². The number of halogens is 1. The lowest BCUT2D eigenvalue weighted by molar-refractivity contribution is 0.102. The van der Waals surface area contributed by atoms with Gasteiger partial charge in [-0.05, 0) is 67.9 Å². The Hall–Kier alpha value is -2.76. The largest absolute Gasteiger partial charge is 0.491 e. The van der Waals surface area contributed by atoms with E-state index >= 15 is 0 Å². The average molecular weight is 400 g/mol. The molecular formula is C22H22ClNO4. The van der Waals surface area contributed by atoms with Crippen LogP contribution >= 0.6 is 11.6 Å². The SMILES string of the molecule is CCC(C)Oc1ccc(C(=O)Nc2ccc(-c3ccc(CO)o3)c(Cl)c2)cc1. The average Bonchev–Trinajstić information content (AvgIpc) is 3.17. The molecule has 0 bridgehead atoms. The normalized spacial score (nSPS) is 11.9. The Labute approximate surface area is 168 Å². The van der Waals surface area contributed by atoms with Gasteiger partial charge in [0, 0.05) is 16.8 Å². The fourth-order valence-corrected chi connectivity index (χ4v) is 2.88. The van der Waals surface area contributed by atoms with Gasteiger partial charge >= 0.3 is 0 Å². The summed E-state index contributed by atoms with van der Waals surface area (Å²) in [6.07, 6.45) is 1.04. The van der Waals surface area contributed by atoms with E-state index in [1.54, 1.807) is 54.6 Å². The van der Waals surface area contributed by atoms with Crippen LogP contribution in [0.2, 0.25) is 5.02 Å². The highest BCUT2D eigenvalue weighted by atomic mass is 35.5. The first kappa shape index (κ1) is 20.0. The highest BCUT2D eigenvalue weighted by Gasteiger charge is 2.12. The number of hydrogen-bond donors (Lipinski definition) is 2. The number of rotatable bonds is 7. The molecule has 1 heterocycles. The van der Waals surface area contributed by atoms with Crippen molar-refractivity contribution in [2.75, 3.05) is 5.32 Å². The minimum absolute atomic E-state index is 0.128. The van der Waals surface area contributed by atoms with E-state index < -0.39 is 0 Å². The molecule has 6 heteroatoms. The molecule has 0 aliphatic carbocycles. The van der Waals surface area contributed by atoms with Gasteiger partial charge in [-0.25, -0.2) is 0 Å². The van der Waals surface area contributed by atoms with E-state index in [1.807, 2.05) is 6.92 Å². The van der Waals surface area contributed by atoms with E-state index in [1.165, 1.54) is 0 Å². The molecular weight excluding hydrogens is 378 g/mol. The maximum absolute atomic E-state index is 12.5. The van der Waals surface area contributed by atoms with Crippen molar-refractivity contribution in [2.24, 2.45) is 0 Å². The molecule has 1 atom stereocenters. The topological polar surface area (TPSA) is 71.7 Å².